The van der Waals surface area contributed by atoms with E-state index in [9.17, 15) is 0 Å². The van der Waals surface area contributed by atoms with E-state index in [1.807, 2.05) is 30.9 Å². The second-order valence-corrected chi connectivity index (χ2v) is 4.94. The van der Waals surface area contributed by atoms with Gasteiger partial charge in [-0.1, -0.05) is 0 Å². The van der Waals surface area contributed by atoms with Crippen LogP contribution in [-0.4, -0.2) is 26.6 Å². The predicted octanol–water partition coefficient (Wildman–Crippen LogP) is 2.43. The second-order valence-electron chi connectivity index (χ2n) is 3.92. The van der Waals surface area contributed by atoms with Crippen molar-refractivity contribution in [2.24, 2.45) is 0 Å². The topological polar surface area (TPSA) is 55.7 Å². The number of fused-ring (bicyclic) bond motifs is 3. The van der Waals surface area contributed by atoms with Crippen LogP contribution in [0.1, 0.15) is 25.8 Å². The molecule has 0 spiro atoms. The highest BCUT2D eigenvalue weighted by atomic mass is 32.2. The van der Waals surface area contributed by atoms with Crippen LogP contribution < -0.4 is 0 Å². The Morgan fingerprint density at radius 1 is 1.65 bits per heavy atom. The third kappa shape index (κ3) is 1.77. The van der Waals surface area contributed by atoms with Crippen LogP contribution >= 0.6 is 11.8 Å². The van der Waals surface area contributed by atoms with Gasteiger partial charge in [-0.05, 0) is 13.8 Å². The second kappa shape index (κ2) is 4.19. The number of ether oxygens (including phenoxy) is 1. The van der Waals surface area contributed by atoms with E-state index in [4.69, 9.17) is 4.74 Å². The molecule has 1 atom stereocenters. The van der Waals surface area contributed by atoms with Gasteiger partial charge >= 0.3 is 0 Å². The van der Waals surface area contributed by atoms with E-state index in [0.29, 0.717) is 6.61 Å². The first-order chi connectivity index (χ1) is 8.29. The van der Waals surface area contributed by atoms with Crippen LogP contribution in [0.2, 0.25) is 0 Å². The maximum Gasteiger partial charge on any atom is 0.147 e. The zero-order valence-electron chi connectivity index (χ0n) is 9.80. The molecule has 0 saturated carbocycles. The molecule has 0 bridgehead atoms. The molecule has 2 aromatic rings. The average molecular weight is 250 g/mol. The van der Waals surface area contributed by atoms with Gasteiger partial charge in [0.05, 0.1) is 22.5 Å². The molecule has 1 unspecified atom stereocenters. The van der Waals surface area contributed by atoms with Crippen molar-refractivity contribution in [3.05, 3.63) is 18.1 Å². The molecule has 1 N–H and O–H groups in total. The van der Waals surface area contributed by atoms with Crippen molar-refractivity contribution in [3.63, 3.8) is 0 Å². The molecule has 0 saturated heterocycles. The normalized spacial score (nSPS) is 15.4. The molecule has 1 aliphatic heterocycles. The van der Waals surface area contributed by atoms with Crippen molar-refractivity contribution in [2.45, 2.75) is 30.7 Å². The van der Waals surface area contributed by atoms with Gasteiger partial charge in [0.2, 0.25) is 0 Å². The van der Waals surface area contributed by atoms with Crippen molar-refractivity contribution < 1.29 is 4.74 Å². The highest BCUT2D eigenvalue weighted by Crippen LogP contribution is 2.39. The summed E-state index contributed by atoms with van der Waals surface area (Å²) in [5, 5.41) is 11.7. The Bertz CT molecular complexity index is 533. The lowest BCUT2D eigenvalue weighted by atomic mass is 10.2. The van der Waals surface area contributed by atoms with Gasteiger partial charge in [0.15, 0.2) is 0 Å². The summed E-state index contributed by atoms with van der Waals surface area (Å²) in [7, 11) is 0. The van der Waals surface area contributed by atoms with Crippen LogP contribution in [0.25, 0.3) is 11.3 Å². The molecule has 3 heterocycles. The monoisotopic (exact) mass is 250 g/mol. The molecule has 6 heteroatoms. The fourth-order valence-corrected chi connectivity index (χ4v) is 2.90. The van der Waals surface area contributed by atoms with Gasteiger partial charge in [-0.15, -0.1) is 11.8 Å². The fourth-order valence-electron chi connectivity index (χ4n) is 1.97. The van der Waals surface area contributed by atoms with Crippen LogP contribution in [0.15, 0.2) is 17.3 Å². The first-order valence-corrected chi connectivity index (χ1v) is 6.64. The smallest absolute Gasteiger partial charge is 0.147 e. The Balaban J connectivity index is 1.99. The van der Waals surface area contributed by atoms with E-state index in [1.54, 1.807) is 11.8 Å². The number of rotatable bonds is 3. The van der Waals surface area contributed by atoms with E-state index in [1.165, 1.54) is 4.90 Å². The predicted molar refractivity (Wildman–Crippen MR) is 65.7 cm³/mol. The summed E-state index contributed by atoms with van der Waals surface area (Å²) in [6, 6.07) is 0. The van der Waals surface area contributed by atoms with Gasteiger partial charge < -0.3 is 4.74 Å². The van der Waals surface area contributed by atoms with Crippen LogP contribution in [-0.2, 0) is 10.5 Å². The number of nitrogens with one attached hydrogen (secondary N) is 1. The van der Waals surface area contributed by atoms with Gasteiger partial charge in [0.1, 0.15) is 6.23 Å². The van der Waals surface area contributed by atoms with E-state index in [0.717, 1.165) is 22.7 Å². The molecule has 0 radical (unpaired) electrons. The van der Waals surface area contributed by atoms with Crippen molar-refractivity contribution in [3.8, 4) is 11.3 Å². The minimum atomic E-state index is -0.0260. The van der Waals surface area contributed by atoms with Crippen LogP contribution in [0.5, 0.6) is 0 Å². The van der Waals surface area contributed by atoms with Gasteiger partial charge in [-0.2, -0.15) is 10.2 Å². The summed E-state index contributed by atoms with van der Waals surface area (Å²) in [4.78, 5) is 1.20. The molecule has 17 heavy (non-hydrogen) atoms. The van der Waals surface area contributed by atoms with Gasteiger partial charge in [0.25, 0.3) is 0 Å². The first kappa shape index (κ1) is 10.9. The summed E-state index contributed by atoms with van der Waals surface area (Å²) in [6.45, 7) is 4.68. The van der Waals surface area contributed by atoms with Crippen molar-refractivity contribution >= 4 is 11.8 Å². The first-order valence-electron chi connectivity index (χ1n) is 5.65. The van der Waals surface area contributed by atoms with E-state index >= 15 is 0 Å². The number of hydrogen-bond donors (Lipinski definition) is 1. The molecule has 90 valence electrons. The van der Waals surface area contributed by atoms with E-state index in [-0.39, 0.29) is 6.23 Å². The number of aromatic nitrogens is 4. The number of aromatic amines is 1. The maximum absolute atomic E-state index is 5.54. The number of nitrogens with zero attached hydrogens (tertiary/aromatic N) is 3. The van der Waals surface area contributed by atoms with Gasteiger partial charge in [-0.3, -0.25) is 5.10 Å². The van der Waals surface area contributed by atoms with E-state index in [2.05, 4.69) is 15.3 Å². The Hall–Kier alpha value is -1.27. The third-order valence-electron chi connectivity index (χ3n) is 2.83. The maximum atomic E-state index is 5.54. The fraction of sp³-hybridized carbons (Fsp3) is 0.455. The van der Waals surface area contributed by atoms with Gasteiger partial charge in [0, 0.05) is 24.1 Å². The third-order valence-corrected chi connectivity index (χ3v) is 3.87. The molecule has 3 rings (SSSR count). The Labute approximate surface area is 104 Å². The van der Waals surface area contributed by atoms with Crippen molar-refractivity contribution in [1.82, 2.24) is 20.0 Å². The summed E-state index contributed by atoms with van der Waals surface area (Å²) in [5.41, 5.74) is 3.31. The zero-order chi connectivity index (χ0) is 11.8. The Morgan fingerprint density at radius 3 is 3.35 bits per heavy atom. The number of hydrogen-bond acceptors (Lipinski definition) is 4. The lowest BCUT2D eigenvalue weighted by Gasteiger charge is -2.11. The van der Waals surface area contributed by atoms with Crippen molar-refractivity contribution in [2.75, 3.05) is 6.61 Å². The quantitative estimate of drug-likeness (QED) is 0.909. The minimum Gasteiger partial charge on any atom is -0.357 e. The summed E-state index contributed by atoms with van der Waals surface area (Å²) >= 11 is 1.77. The number of H-pyrrole nitrogens is 1. The summed E-state index contributed by atoms with van der Waals surface area (Å²) in [6.07, 6.45) is 3.88. The van der Waals surface area contributed by atoms with Gasteiger partial charge in [-0.25, -0.2) is 4.68 Å². The van der Waals surface area contributed by atoms with Crippen LogP contribution in [0.4, 0.5) is 0 Å². The Morgan fingerprint density at radius 2 is 2.53 bits per heavy atom. The molecular weight excluding hydrogens is 236 g/mol. The number of thioether (sulfide) groups is 1. The molecule has 0 amide bonds. The van der Waals surface area contributed by atoms with E-state index < -0.39 is 0 Å². The summed E-state index contributed by atoms with van der Waals surface area (Å²) < 4.78 is 7.42. The molecule has 0 aliphatic carbocycles. The SMILES string of the molecule is CCOC(C)n1cc2c(n1)CSc1cn[nH]c1-2. The highest BCUT2D eigenvalue weighted by Gasteiger charge is 2.22. The highest BCUT2D eigenvalue weighted by molar-refractivity contribution is 7.98. The van der Waals surface area contributed by atoms with Crippen LogP contribution in [0.3, 0.4) is 0 Å². The molecular formula is C11H14N4OS. The lowest BCUT2D eigenvalue weighted by Crippen LogP contribution is -2.09. The zero-order valence-corrected chi connectivity index (χ0v) is 10.6. The average Bonchev–Trinajstić information content (AvgIpc) is 2.94. The molecule has 0 aromatic carbocycles. The molecule has 0 fully saturated rings. The minimum absolute atomic E-state index is 0.0260. The summed E-state index contributed by atoms with van der Waals surface area (Å²) in [5.74, 6) is 0.897. The van der Waals surface area contributed by atoms with Crippen LogP contribution in [0, 0.1) is 0 Å². The molecule has 2 aromatic heterocycles. The largest absolute Gasteiger partial charge is 0.357 e. The van der Waals surface area contributed by atoms with Crippen molar-refractivity contribution in [1.29, 1.82) is 0 Å². The molecule has 5 nitrogen and oxygen atoms in total. The Kier molecular flexibility index (Phi) is 2.68. The standard InChI is InChI=1S/C11H14N4OS/c1-3-16-7(2)15-5-8-9(14-15)6-17-10-4-12-13-11(8)10/h4-5,7H,3,6H2,1-2H3,(H,12,13). The lowest BCUT2D eigenvalue weighted by molar-refractivity contribution is 0.0158. The molecule has 1 aliphatic rings.